The third kappa shape index (κ3) is 2.17. The lowest BCUT2D eigenvalue weighted by atomic mass is 9.84. The van der Waals surface area contributed by atoms with Crippen molar-refractivity contribution in [1.29, 1.82) is 0 Å². The maximum absolute atomic E-state index is 10.2. The number of aromatic hydroxyl groups is 1. The molecule has 1 aromatic rings. The van der Waals surface area contributed by atoms with Crippen LogP contribution in [0.15, 0.2) is 18.2 Å². The minimum Gasteiger partial charge on any atom is -0.508 e. The zero-order valence-corrected chi connectivity index (χ0v) is 10.7. The molecule has 0 bridgehead atoms. The maximum Gasteiger partial charge on any atom is 0.119 e. The van der Waals surface area contributed by atoms with Crippen molar-refractivity contribution in [2.75, 3.05) is 13.2 Å². The van der Waals surface area contributed by atoms with Crippen LogP contribution in [0.25, 0.3) is 6.08 Å². The molecule has 2 heteroatoms. The summed E-state index contributed by atoms with van der Waals surface area (Å²) in [6.45, 7) is 1.65. The van der Waals surface area contributed by atoms with Crippen LogP contribution in [-0.4, -0.2) is 18.3 Å². The molecule has 18 heavy (non-hydrogen) atoms. The number of rotatable bonds is 1. The second kappa shape index (κ2) is 5.15. The van der Waals surface area contributed by atoms with E-state index in [1.54, 1.807) is 0 Å². The van der Waals surface area contributed by atoms with E-state index in [1.165, 1.54) is 23.1 Å². The number of hydrogen-bond donors (Lipinski definition) is 1. The number of phenols is 1. The van der Waals surface area contributed by atoms with Crippen LogP contribution in [0.3, 0.4) is 0 Å². The van der Waals surface area contributed by atoms with Crippen LogP contribution in [0.5, 0.6) is 5.75 Å². The molecule has 1 N–H and O–H groups in total. The third-order valence-electron chi connectivity index (χ3n) is 4.09. The highest BCUT2D eigenvalue weighted by Gasteiger charge is 2.23. The Morgan fingerprint density at radius 2 is 2.00 bits per heavy atom. The molecule has 96 valence electrons. The summed E-state index contributed by atoms with van der Waals surface area (Å²) in [5.74, 6) is 0.955. The second-order valence-electron chi connectivity index (χ2n) is 5.25. The third-order valence-corrected chi connectivity index (χ3v) is 4.09. The van der Waals surface area contributed by atoms with Gasteiger partial charge < -0.3 is 9.84 Å². The zero-order valence-electron chi connectivity index (χ0n) is 10.7. The molecule has 0 saturated carbocycles. The highest BCUT2D eigenvalue weighted by Crippen LogP contribution is 2.38. The normalized spacial score (nSPS) is 20.4. The van der Waals surface area contributed by atoms with E-state index in [0.717, 1.165) is 38.9 Å². The molecular formula is C16H20O2. The smallest absolute Gasteiger partial charge is 0.119 e. The minimum absolute atomic E-state index is 0.472. The molecule has 3 rings (SSSR count). The van der Waals surface area contributed by atoms with E-state index < -0.39 is 0 Å². The summed E-state index contributed by atoms with van der Waals surface area (Å²) in [4.78, 5) is 0. The Morgan fingerprint density at radius 3 is 2.83 bits per heavy atom. The molecule has 0 radical (unpaired) electrons. The van der Waals surface area contributed by atoms with E-state index in [4.69, 9.17) is 4.74 Å². The Morgan fingerprint density at radius 1 is 1.17 bits per heavy atom. The van der Waals surface area contributed by atoms with E-state index in [9.17, 15) is 5.11 Å². The number of ether oxygens (including phenoxy) is 1. The SMILES string of the molecule is Oc1ccc2c(c1C1CCOCC1)CCCC=C2. The number of benzene rings is 1. The van der Waals surface area contributed by atoms with E-state index in [1.807, 2.05) is 6.07 Å². The topological polar surface area (TPSA) is 29.5 Å². The van der Waals surface area contributed by atoms with Gasteiger partial charge in [0.1, 0.15) is 5.75 Å². The van der Waals surface area contributed by atoms with Crippen LogP contribution in [0, 0.1) is 0 Å². The number of phenolic OH excluding ortho intramolecular Hbond substituents is 1. The molecule has 1 saturated heterocycles. The lowest BCUT2D eigenvalue weighted by molar-refractivity contribution is 0.0846. The van der Waals surface area contributed by atoms with Crippen LogP contribution in [0.2, 0.25) is 0 Å². The summed E-state index contributed by atoms with van der Waals surface area (Å²) in [6.07, 6.45) is 9.94. The van der Waals surface area contributed by atoms with Gasteiger partial charge in [-0.3, -0.25) is 0 Å². The van der Waals surface area contributed by atoms with Gasteiger partial charge in [-0.1, -0.05) is 18.2 Å². The first-order chi connectivity index (χ1) is 8.86. The first kappa shape index (κ1) is 11.8. The predicted octanol–water partition coefficient (Wildman–Crippen LogP) is 3.64. The standard InChI is InChI=1S/C16H20O2/c17-15-7-6-12-4-2-1-3-5-14(12)16(15)13-8-10-18-11-9-13/h2,4,6-7,13,17H,1,3,5,8-11H2. The van der Waals surface area contributed by atoms with Gasteiger partial charge in [-0.25, -0.2) is 0 Å². The Labute approximate surface area is 108 Å². The molecule has 0 aromatic heterocycles. The van der Waals surface area contributed by atoms with Crippen molar-refractivity contribution < 1.29 is 9.84 Å². The van der Waals surface area contributed by atoms with Crippen LogP contribution in [-0.2, 0) is 11.2 Å². The Balaban J connectivity index is 2.04. The van der Waals surface area contributed by atoms with Gasteiger partial charge in [0.25, 0.3) is 0 Å². The van der Waals surface area contributed by atoms with E-state index in [2.05, 4.69) is 18.2 Å². The van der Waals surface area contributed by atoms with Crippen LogP contribution in [0.1, 0.15) is 48.3 Å². The van der Waals surface area contributed by atoms with Crippen molar-refractivity contribution in [2.45, 2.75) is 38.0 Å². The highest BCUT2D eigenvalue weighted by atomic mass is 16.5. The van der Waals surface area contributed by atoms with Crippen molar-refractivity contribution in [1.82, 2.24) is 0 Å². The quantitative estimate of drug-likeness (QED) is 0.817. The van der Waals surface area contributed by atoms with Gasteiger partial charge in [0.05, 0.1) is 0 Å². The van der Waals surface area contributed by atoms with Gasteiger partial charge in [0, 0.05) is 18.8 Å². The lowest BCUT2D eigenvalue weighted by Gasteiger charge is -2.26. The summed E-state index contributed by atoms with van der Waals surface area (Å²) in [5, 5.41) is 10.2. The summed E-state index contributed by atoms with van der Waals surface area (Å²) >= 11 is 0. The molecule has 1 aliphatic carbocycles. The minimum atomic E-state index is 0.472. The lowest BCUT2D eigenvalue weighted by Crippen LogP contribution is -2.16. The van der Waals surface area contributed by atoms with Crippen molar-refractivity contribution >= 4 is 6.08 Å². The summed E-state index contributed by atoms with van der Waals surface area (Å²) in [6, 6.07) is 3.91. The fraction of sp³-hybridized carbons (Fsp3) is 0.500. The molecule has 0 atom stereocenters. The summed E-state index contributed by atoms with van der Waals surface area (Å²) in [7, 11) is 0. The monoisotopic (exact) mass is 244 g/mol. The fourth-order valence-corrected chi connectivity index (χ4v) is 3.15. The molecule has 1 fully saturated rings. The highest BCUT2D eigenvalue weighted by molar-refractivity contribution is 5.60. The molecular weight excluding hydrogens is 224 g/mol. The first-order valence-corrected chi connectivity index (χ1v) is 6.95. The largest absolute Gasteiger partial charge is 0.508 e. The summed E-state index contributed by atoms with van der Waals surface area (Å²) in [5.41, 5.74) is 3.87. The second-order valence-corrected chi connectivity index (χ2v) is 5.25. The summed E-state index contributed by atoms with van der Waals surface area (Å²) < 4.78 is 5.43. The van der Waals surface area contributed by atoms with Crippen molar-refractivity contribution in [3.05, 3.63) is 34.9 Å². The van der Waals surface area contributed by atoms with E-state index in [-0.39, 0.29) is 0 Å². The molecule has 2 nitrogen and oxygen atoms in total. The predicted molar refractivity (Wildman–Crippen MR) is 72.9 cm³/mol. The molecule has 0 spiro atoms. The van der Waals surface area contributed by atoms with E-state index in [0.29, 0.717) is 11.7 Å². The van der Waals surface area contributed by atoms with Gasteiger partial charge >= 0.3 is 0 Å². The molecule has 0 unspecified atom stereocenters. The molecule has 1 aromatic carbocycles. The molecule has 2 aliphatic rings. The molecule has 1 aliphatic heterocycles. The van der Waals surface area contributed by atoms with Gasteiger partial charge in [0.2, 0.25) is 0 Å². The van der Waals surface area contributed by atoms with Crippen molar-refractivity contribution in [3.8, 4) is 5.75 Å². The Hall–Kier alpha value is -1.28. The average Bonchev–Trinajstić information content (AvgIpc) is 2.65. The van der Waals surface area contributed by atoms with Gasteiger partial charge in [-0.15, -0.1) is 0 Å². The number of allylic oxidation sites excluding steroid dienone is 1. The average molecular weight is 244 g/mol. The number of fused-ring (bicyclic) bond motifs is 1. The number of hydrogen-bond acceptors (Lipinski definition) is 2. The first-order valence-electron chi connectivity index (χ1n) is 6.95. The van der Waals surface area contributed by atoms with Crippen molar-refractivity contribution in [3.63, 3.8) is 0 Å². The van der Waals surface area contributed by atoms with Crippen LogP contribution in [0.4, 0.5) is 0 Å². The molecule has 1 heterocycles. The Bertz CT molecular complexity index is 456. The molecule has 0 amide bonds. The Kier molecular flexibility index (Phi) is 3.37. The van der Waals surface area contributed by atoms with Gasteiger partial charge in [0.15, 0.2) is 0 Å². The van der Waals surface area contributed by atoms with E-state index >= 15 is 0 Å². The fourth-order valence-electron chi connectivity index (χ4n) is 3.15. The van der Waals surface area contributed by atoms with Gasteiger partial charge in [-0.05, 0) is 55.2 Å². The zero-order chi connectivity index (χ0) is 12.4. The van der Waals surface area contributed by atoms with Crippen molar-refractivity contribution in [2.24, 2.45) is 0 Å². The maximum atomic E-state index is 10.2. The van der Waals surface area contributed by atoms with Crippen LogP contribution >= 0.6 is 0 Å². The van der Waals surface area contributed by atoms with Gasteiger partial charge in [-0.2, -0.15) is 0 Å². The van der Waals surface area contributed by atoms with Crippen LogP contribution < -0.4 is 0 Å².